The van der Waals surface area contributed by atoms with Crippen LogP contribution < -0.4 is 5.73 Å². The zero-order valence-corrected chi connectivity index (χ0v) is 8.57. The summed E-state index contributed by atoms with van der Waals surface area (Å²) in [5, 5.41) is 0.949. The summed E-state index contributed by atoms with van der Waals surface area (Å²) in [5.74, 6) is -0.257. The molecule has 2 N–H and O–H groups in total. The molecule has 0 aliphatic carbocycles. The number of pyridine rings is 1. The molecule has 15 heavy (non-hydrogen) atoms. The molecular weight excluding hydrogens is 191 g/mol. The molecule has 2 rings (SSSR count). The third-order valence-corrected chi connectivity index (χ3v) is 2.24. The minimum Gasteiger partial charge on any atom is -0.328 e. The number of nitrogens with zero attached hydrogens (tertiary/aromatic N) is 1. The molecule has 0 spiro atoms. The second-order valence-electron chi connectivity index (χ2n) is 3.82. The predicted molar refractivity (Wildman–Crippen MR) is 59.1 cm³/mol. The number of halogens is 1. The van der Waals surface area contributed by atoms with E-state index in [2.05, 4.69) is 4.98 Å². The van der Waals surface area contributed by atoms with Crippen molar-refractivity contribution in [1.82, 2.24) is 4.98 Å². The van der Waals surface area contributed by atoms with Crippen molar-refractivity contribution in [3.05, 3.63) is 41.8 Å². The maximum absolute atomic E-state index is 13.0. The molecule has 1 heterocycles. The van der Waals surface area contributed by atoms with Gasteiger partial charge in [-0.05, 0) is 25.1 Å². The molecule has 0 aliphatic heterocycles. The van der Waals surface area contributed by atoms with E-state index in [-0.39, 0.29) is 11.9 Å². The first kappa shape index (κ1) is 10.1. The standard InChI is InChI=1S/C12H13FN2/c1-8(14)6-11-5-3-9-2-4-10(13)7-12(9)15-11/h2-5,7-8H,6,14H2,1H3. The van der Waals surface area contributed by atoms with Crippen LogP contribution in [0.15, 0.2) is 30.3 Å². The number of nitrogens with two attached hydrogens (primary N) is 1. The number of aromatic nitrogens is 1. The number of hydrogen-bond donors (Lipinski definition) is 1. The maximum Gasteiger partial charge on any atom is 0.125 e. The van der Waals surface area contributed by atoms with E-state index in [0.717, 1.165) is 11.1 Å². The summed E-state index contributed by atoms with van der Waals surface area (Å²) in [6.07, 6.45) is 0.715. The Morgan fingerprint density at radius 2 is 2.07 bits per heavy atom. The molecule has 1 aromatic carbocycles. The smallest absolute Gasteiger partial charge is 0.125 e. The van der Waals surface area contributed by atoms with Crippen LogP contribution in [0.1, 0.15) is 12.6 Å². The number of benzene rings is 1. The number of fused-ring (bicyclic) bond motifs is 1. The van der Waals surface area contributed by atoms with Crippen LogP contribution in [0.5, 0.6) is 0 Å². The molecule has 0 saturated heterocycles. The van der Waals surface area contributed by atoms with E-state index in [9.17, 15) is 4.39 Å². The van der Waals surface area contributed by atoms with E-state index < -0.39 is 0 Å². The van der Waals surface area contributed by atoms with Crippen molar-refractivity contribution in [1.29, 1.82) is 0 Å². The normalized spacial score (nSPS) is 13.0. The van der Waals surface area contributed by atoms with E-state index in [1.165, 1.54) is 12.1 Å². The molecule has 0 aliphatic rings. The Hall–Kier alpha value is -1.48. The van der Waals surface area contributed by atoms with Gasteiger partial charge in [0.2, 0.25) is 0 Å². The van der Waals surface area contributed by atoms with Crippen LogP contribution in [0, 0.1) is 5.82 Å². The van der Waals surface area contributed by atoms with E-state index in [4.69, 9.17) is 5.73 Å². The quantitative estimate of drug-likeness (QED) is 0.815. The third kappa shape index (κ3) is 2.30. The summed E-state index contributed by atoms with van der Waals surface area (Å²) in [7, 11) is 0. The van der Waals surface area contributed by atoms with Crippen molar-refractivity contribution in [3.63, 3.8) is 0 Å². The molecule has 1 aromatic heterocycles. The Balaban J connectivity index is 2.45. The lowest BCUT2D eigenvalue weighted by atomic mass is 10.1. The first-order chi connectivity index (χ1) is 7.15. The summed E-state index contributed by atoms with van der Waals surface area (Å²) in [6, 6.07) is 8.56. The predicted octanol–water partition coefficient (Wildman–Crippen LogP) is 2.26. The topological polar surface area (TPSA) is 38.9 Å². The van der Waals surface area contributed by atoms with E-state index in [1.54, 1.807) is 6.07 Å². The molecule has 0 fully saturated rings. The summed E-state index contributed by atoms with van der Waals surface area (Å²) in [4.78, 5) is 4.36. The van der Waals surface area contributed by atoms with Crippen molar-refractivity contribution in [3.8, 4) is 0 Å². The Morgan fingerprint density at radius 3 is 2.80 bits per heavy atom. The maximum atomic E-state index is 13.0. The summed E-state index contributed by atoms with van der Waals surface area (Å²) >= 11 is 0. The Labute approximate surface area is 87.9 Å². The van der Waals surface area contributed by atoms with Gasteiger partial charge >= 0.3 is 0 Å². The van der Waals surface area contributed by atoms with Crippen molar-refractivity contribution < 1.29 is 4.39 Å². The second-order valence-corrected chi connectivity index (χ2v) is 3.82. The van der Waals surface area contributed by atoms with Crippen molar-refractivity contribution in [2.45, 2.75) is 19.4 Å². The fraction of sp³-hybridized carbons (Fsp3) is 0.250. The second kappa shape index (κ2) is 3.95. The Bertz CT molecular complexity index is 480. The van der Waals surface area contributed by atoms with Gasteiger partial charge in [0.05, 0.1) is 5.52 Å². The molecule has 0 amide bonds. The van der Waals surface area contributed by atoms with Gasteiger partial charge in [0.25, 0.3) is 0 Å². The van der Waals surface area contributed by atoms with Gasteiger partial charge in [-0.3, -0.25) is 4.98 Å². The molecule has 0 radical (unpaired) electrons. The zero-order chi connectivity index (χ0) is 10.8. The lowest BCUT2D eigenvalue weighted by molar-refractivity contribution is 0.629. The Kier molecular flexibility index (Phi) is 2.64. The molecule has 0 saturated carbocycles. The molecule has 3 heteroatoms. The van der Waals surface area contributed by atoms with Crippen LogP contribution in [-0.4, -0.2) is 11.0 Å². The number of rotatable bonds is 2. The van der Waals surface area contributed by atoms with Crippen LogP contribution in [0.3, 0.4) is 0 Å². The minimum atomic E-state index is -0.257. The van der Waals surface area contributed by atoms with Gasteiger partial charge in [-0.2, -0.15) is 0 Å². The molecular formula is C12H13FN2. The van der Waals surface area contributed by atoms with Gasteiger partial charge in [0.15, 0.2) is 0 Å². The van der Waals surface area contributed by atoms with Crippen molar-refractivity contribution >= 4 is 10.9 Å². The first-order valence-electron chi connectivity index (χ1n) is 4.96. The zero-order valence-electron chi connectivity index (χ0n) is 8.57. The van der Waals surface area contributed by atoms with Crippen LogP contribution in [0.2, 0.25) is 0 Å². The molecule has 0 bridgehead atoms. The third-order valence-electron chi connectivity index (χ3n) is 2.24. The van der Waals surface area contributed by atoms with Gasteiger partial charge in [-0.15, -0.1) is 0 Å². The van der Waals surface area contributed by atoms with Gasteiger partial charge in [-0.25, -0.2) is 4.39 Å². The van der Waals surface area contributed by atoms with Crippen LogP contribution in [-0.2, 0) is 6.42 Å². The number of hydrogen-bond acceptors (Lipinski definition) is 2. The highest BCUT2D eigenvalue weighted by Gasteiger charge is 2.02. The fourth-order valence-electron chi connectivity index (χ4n) is 1.58. The van der Waals surface area contributed by atoms with Crippen LogP contribution >= 0.6 is 0 Å². The highest BCUT2D eigenvalue weighted by atomic mass is 19.1. The molecule has 78 valence electrons. The van der Waals surface area contributed by atoms with Crippen LogP contribution in [0.25, 0.3) is 10.9 Å². The monoisotopic (exact) mass is 204 g/mol. The van der Waals surface area contributed by atoms with Gasteiger partial charge in [0, 0.05) is 29.6 Å². The first-order valence-corrected chi connectivity index (χ1v) is 4.96. The van der Waals surface area contributed by atoms with Crippen LogP contribution in [0.4, 0.5) is 4.39 Å². The van der Waals surface area contributed by atoms with Gasteiger partial charge < -0.3 is 5.73 Å². The van der Waals surface area contributed by atoms with Gasteiger partial charge in [-0.1, -0.05) is 6.07 Å². The largest absolute Gasteiger partial charge is 0.328 e. The molecule has 2 nitrogen and oxygen atoms in total. The van der Waals surface area contributed by atoms with Gasteiger partial charge in [0.1, 0.15) is 5.82 Å². The van der Waals surface area contributed by atoms with Crippen molar-refractivity contribution in [2.75, 3.05) is 0 Å². The lowest BCUT2D eigenvalue weighted by Crippen LogP contribution is -2.18. The SMILES string of the molecule is CC(N)Cc1ccc2ccc(F)cc2n1. The highest BCUT2D eigenvalue weighted by molar-refractivity contribution is 5.78. The highest BCUT2D eigenvalue weighted by Crippen LogP contribution is 2.14. The van der Waals surface area contributed by atoms with E-state index in [0.29, 0.717) is 11.9 Å². The average Bonchev–Trinajstić information content (AvgIpc) is 2.16. The lowest BCUT2D eigenvalue weighted by Gasteiger charge is -2.05. The van der Waals surface area contributed by atoms with E-state index >= 15 is 0 Å². The minimum absolute atomic E-state index is 0.0727. The summed E-state index contributed by atoms with van der Waals surface area (Å²) in [5.41, 5.74) is 7.28. The molecule has 1 atom stereocenters. The Morgan fingerprint density at radius 1 is 1.33 bits per heavy atom. The van der Waals surface area contributed by atoms with E-state index in [1.807, 2.05) is 19.1 Å². The summed E-state index contributed by atoms with van der Waals surface area (Å²) in [6.45, 7) is 1.93. The molecule has 2 aromatic rings. The summed E-state index contributed by atoms with van der Waals surface area (Å²) < 4.78 is 13.0. The molecule has 1 unspecified atom stereocenters. The fourth-order valence-corrected chi connectivity index (χ4v) is 1.58. The van der Waals surface area contributed by atoms with Crippen molar-refractivity contribution in [2.24, 2.45) is 5.73 Å². The average molecular weight is 204 g/mol.